The van der Waals surface area contributed by atoms with Crippen molar-refractivity contribution in [2.45, 2.75) is 0 Å². The highest BCUT2D eigenvalue weighted by Gasteiger charge is 2.06. The van der Waals surface area contributed by atoms with Gasteiger partial charge in [0.05, 0.1) is 10.6 Å². The van der Waals surface area contributed by atoms with E-state index in [0.717, 1.165) is 11.1 Å². The van der Waals surface area contributed by atoms with Crippen molar-refractivity contribution >= 4 is 46.6 Å². The normalized spacial score (nSPS) is 8.97. The lowest BCUT2D eigenvalue weighted by Gasteiger charge is -1.99. The summed E-state index contributed by atoms with van der Waals surface area (Å²) in [6, 6.07) is 37.3. The second kappa shape index (κ2) is 15.0. The highest BCUT2D eigenvalue weighted by atomic mass is 35.5. The summed E-state index contributed by atoms with van der Waals surface area (Å²) in [5.41, 5.74) is 1.82. The van der Waals surface area contributed by atoms with Gasteiger partial charge in [-0.1, -0.05) is 121 Å². The molecular weight excluding hydrogens is 451 g/mol. The van der Waals surface area contributed by atoms with Crippen molar-refractivity contribution in [3.63, 3.8) is 0 Å². The lowest BCUT2D eigenvalue weighted by molar-refractivity contribution is 0.103. The Morgan fingerprint density at radius 1 is 0.516 bits per heavy atom. The molecule has 0 atom stereocenters. The van der Waals surface area contributed by atoms with E-state index in [-0.39, 0.29) is 18.2 Å². The standard InChI is InChI=1S/C13H10O.C7H4Cl2O.C6H6.ClH/c14-13(11-7-3-1-4-8-11)12-9-5-2-6-10-12;8-6-4-2-1-3-5(6)7(9)10;1-2-4-6-5-3-1;/h1-10H;1-4H;1-6H;1H. The van der Waals surface area contributed by atoms with Crippen LogP contribution in [0.3, 0.4) is 0 Å². The molecule has 0 bridgehead atoms. The van der Waals surface area contributed by atoms with E-state index in [1.54, 1.807) is 24.3 Å². The summed E-state index contributed by atoms with van der Waals surface area (Å²) in [5.74, 6) is 0.0752. The van der Waals surface area contributed by atoms with Gasteiger partial charge in [0, 0.05) is 11.1 Å². The van der Waals surface area contributed by atoms with Crippen LogP contribution < -0.4 is 0 Å². The second-order valence-electron chi connectivity index (χ2n) is 5.97. The van der Waals surface area contributed by atoms with E-state index in [0.29, 0.717) is 10.6 Å². The maximum absolute atomic E-state index is 11.8. The first-order chi connectivity index (χ1) is 14.6. The first-order valence-corrected chi connectivity index (χ1v) is 9.94. The molecule has 0 fully saturated rings. The quantitative estimate of drug-likeness (QED) is 0.226. The van der Waals surface area contributed by atoms with Gasteiger partial charge in [0.25, 0.3) is 5.24 Å². The van der Waals surface area contributed by atoms with Crippen LogP contribution in [0.25, 0.3) is 0 Å². The third-order valence-corrected chi connectivity index (χ3v) is 4.36. The lowest BCUT2D eigenvalue weighted by Crippen LogP contribution is -1.99. The fourth-order valence-corrected chi connectivity index (χ4v) is 2.79. The zero-order chi connectivity index (χ0) is 21.6. The molecule has 4 aromatic rings. The number of ketones is 1. The molecule has 0 aliphatic heterocycles. The van der Waals surface area contributed by atoms with Gasteiger partial charge >= 0.3 is 0 Å². The van der Waals surface area contributed by atoms with Crippen LogP contribution in [0.2, 0.25) is 5.02 Å². The number of carbonyl (C=O) groups excluding carboxylic acids is 2. The van der Waals surface area contributed by atoms with E-state index in [1.807, 2.05) is 97.1 Å². The molecule has 4 rings (SSSR count). The van der Waals surface area contributed by atoms with Crippen LogP contribution in [-0.4, -0.2) is 11.0 Å². The molecule has 4 aromatic carbocycles. The van der Waals surface area contributed by atoms with Crippen molar-refractivity contribution in [1.82, 2.24) is 0 Å². The summed E-state index contributed by atoms with van der Waals surface area (Å²) in [7, 11) is 0. The van der Waals surface area contributed by atoms with E-state index in [2.05, 4.69) is 0 Å². The molecule has 0 N–H and O–H groups in total. The SMILES string of the molecule is Cl.O=C(Cl)c1ccccc1Cl.O=C(c1ccccc1)c1ccccc1.c1ccccc1. The van der Waals surface area contributed by atoms with Gasteiger partial charge in [-0.25, -0.2) is 0 Å². The summed E-state index contributed by atoms with van der Waals surface area (Å²) >= 11 is 10.8. The van der Waals surface area contributed by atoms with E-state index in [1.165, 1.54) is 0 Å². The van der Waals surface area contributed by atoms with Crippen molar-refractivity contribution in [2.24, 2.45) is 0 Å². The first-order valence-electron chi connectivity index (χ1n) is 9.18. The third-order valence-electron chi connectivity index (χ3n) is 3.82. The molecule has 0 radical (unpaired) electrons. The monoisotopic (exact) mass is 470 g/mol. The van der Waals surface area contributed by atoms with Gasteiger partial charge < -0.3 is 0 Å². The van der Waals surface area contributed by atoms with Crippen molar-refractivity contribution < 1.29 is 9.59 Å². The first kappa shape index (κ1) is 26.1. The minimum absolute atomic E-state index is 0. The van der Waals surface area contributed by atoms with E-state index < -0.39 is 5.24 Å². The Bertz CT molecular complexity index is 970. The fraction of sp³-hybridized carbons (Fsp3) is 0. The van der Waals surface area contributed by atoms with Gasteiger partial charge in [-0.2, -0.15) is 0 Å². The molecule has 0 unspecified atom stereocenters. The Morgan fingerprint density at radius 3 is 1.16 bits per heavy atom. The number of hydrogen-bond donors (Lipinski definition) is 0. The number of hydrogen-bond acceptors (Lipinski definition) is 2. The van der Waals surface area contributed by atoms with Crippen LogP contribution >= 0.6 is 35.6 Å². The zero-order valence-electron chi connectivity index (χ0n) is 16.5. The lowest BCUT2D eigenvalue weighted by atomic mass is 10.0. The van der Waals surface area contributed by atoms with Crippen LogP contribution in [-0.2, 0) is 0 Å². The molecule has 0 saturated heterocycles. The molecule has 0 spiro atoms. The highest BCUT2D eigenvalue weighted by molar-refractivity contribution is 6.68. The topological polar surface area (TPSA) is 34.1 Å². The Labute approximate surface area is 198 Å². The maximum atomic E-state index is 11.8. The molecule has 0 aliphatic carbocycles. The van der Waals surface area contributed by atoms with E-state index in [4.69, 9.17) is 23.2 Å². The number of benzene rings is 4. The highest BCUT2D eigenvalue weighted by Crippen LogP contribution is 2.16. The number of carbonyl (C=O) groups is 2. The second-order valence-corrected chi connectivity index (χ2v) is 6.72. The number of rotatable bonds is 3. The molecular formula is C26H21Cl3O2. The van der Waals surface area contributed by atoms with Crippen LogP contribution in [0.1, 0.15) is 26.3 Å². The van der Waals surface area contributed by atoms with Crippen LogP contribution in [0.15, 0.2) is 121 Å². The van der Waals surface area contributed by atoms with Gasteiger partial charge in [-0.15, -0.1) is 12.4 Å². The fourth-order valence-electron chi connectivity index (χ4n) is 2.35. The van der Waals surface area contributed by atoms with Crippen LogP contribution in [0.5, 0.6) is 0 Å². The van der Waals surface area contributed by atoms with Gasteiger partial charge in [0.1, 0.15) is 0 Å². The van der Waals surface area contributed by atoms with Crippen LogP contribution in [0, 0.1) is 0 Å². The molecule has 0 aromatic heterocycles. The van der Waals surface area contributed by atoms with Crippen molar-refractivity contribution in [3.05, 3.63) is 143 Å². The Hall–Kier alpha value is -2.91. The largest absolute Gasteiger partial charge is 0.289 e. The maximum Gasteiger partial charge on any atom is 0.253 e. The molecule has 0 amide bonds. The molecule has 0 heterocycles. The predicted molar refractivity (Wildman–Crippen MR) is 132 cm³/mol. The summed E-state index contributed by atoms with van der Waals surface area (Å²) in [5, 5.41) is -0.131. The minimum Gasteiger partial charge on any atom is -0.289 e. The molecule has 0 saturated carbocycles. The Morgan fingerprint density at radius 2 is 0.839 bits per heavy atom. The van der Waals surface area contributed by atoms with E-state index >= 15 is 0 Å². The van der Waals surface area contributed by atoms with Gasteiger partial charge in [0.2, 0.25) is 0 Å². The minimum atomic E-state index is -0.523. The number of halogens is 3. The smallest absolute Gasteiger partial charge is 0.253 e. The van der Waals surface area contributed by atoms with Crippen molar-refractivity contribution in [1.29, 1.82) is 0 Å². The summed E-state index contributed by atoms with van der Waals surface area (Å²) in [4.78, 5) is 22.4. The summed E-state index contributed by atoms with van der Waals surface area (Å²) in [6.07, 6.45) is 0. The molecule has 31 heavy (non-hydrogen) atoms. The summed E-state index contributed by atoms with van der Waals surface area (Å²) < 4.78 is 0. The molecule has 0 aliphatic rings. The molecule has 5 heteroatoms. The van der Waals surface area contributed by atoms with Gasteiger partial charge in [0.15, 0.2) is 5.78 Å². The molecule has 2 nitrogen and oxygen atoms in total. The average molecular weight is 472 g/mol. The average Bonchev–Trinajstić information content (AvgIpc) is 2.82. The Balaban J connectivity index is 0.000000248. The summed E-state index contributed by atoms with van der Waals surface area (Å²) in [6.45, 7) is 0. The third kappa shape index (κ3) is 9.63. The van der Waals surface area contributed by atoms with Gasteiger partial charge in [-0.05, 0) is 23.7 Å². The van der Waals surface area contributed by atoms with Crippen molar-refractivity contribution in [3.8, 4) is 0 Å². The zero-order valence-corrected chi connectivity index (χ0v) is 18.9. The predicted octanol–water partition coefficient (Wildman–Crippen LogP) is 7.75. The van der Waals surface area contributed by atoms with Crippen LogP contribution in [0.4, 0.5) is 0 Å². The van der Waals surface area contributed by atoms with Gasteiger partial charge in [-0.3, -0.25) is 9.59 Å². The Kier molecular flexibility index (Phi) is 12.6. The van der Waals surface area contributed by atoms with Crippen molar-refractivity contribution in [2.75, 3.05) is 0 Å². The van der Waals surface area contributed by atoms with E-state index in [9.17, 15) is 9.59 Å². The molecule has 158 valence electrons.